The molecule has 1 aliphatic heterocycles. The van der Waals surface area contributed by atoms with E-state index >= 15 is 0 Å². The monoisotopic (exact) mass is 282 g/mol. The number of carbonyl (C=O) groups is 2. The zero-order valence-corrected chi connectivity index (χ0v) is 11.7. The molecule has 2 amide bonds. The number of nitrogens with one attached hydrogen (secondary N) is 2. The van der Waals surface area contributed by atoms with Crippen LogP contribution in [0.25, 0.3) is 0 Å². The molecule has 2 N–H and O–H groups in total. The van der Waals surface area contributed by atoms with Crippen molar-refractivity contribution in [1.29, 1.82) is 0 Å². The van der Waals surface area contributed by atoms with E-state index in [9.17, 15) is 9.59 Å². The summed E-state index contributed by atoms with van der Waals surface area (Å²) in [6.07, 6.45) is 3.80. The molecule has 1 aromatic heterocycles. The van der Waals surface area contributed by atoms with Gasteiger partial charge in [-0.25, -0.2) is 4.98 Å². The molecule has 0 aromatic carbocycles. The number of amides is 2. The van der Waals surface area contributed by atoms with Gasteiger partial charge in [-0.3, -0.25) is 19.8 Å². The van der Waals surface area contributed by atoms with E-state index in [1.165, 1.54) is 11.3 Å². The quantitative estimate of drug-likeness (QED) is 0.797. The summed E-state index contributed by atoms with van der Waals surface area (Å²) in [7, 11) is 0. The van der Waals surface area contributed by atoms with Gasteiger partial charge in [-0.15, -0.1) is 11.3 Å². The van der Waals surface area contributed by atoms with Crippen molar-refractivity contribution >= 4 is 28.3 Å². The Morgan fingerprint density at radius 3 is 3.05 bits per heavy atom. The van der Waals surface area contributed by atoms with Crippen LogP contribution in [0.2, 0.25) is 0 Å². The zero-order chi connectivity index (χ0) is 13.7. The van der Waals surface area contributed by atoms with Gasteiger partial charge in [-0.1, -0.05) is 6.92 Å². The van der Waals surface area contributed by atoms with Crippen LogP contribution < -0.4 is 10.6 Å². The van der Waals surface area contributed by atoms with Crippen molar-refractivity contribution in [3.63, 3.8) is 0 Å². The SMILES string of the molecule is CCN1CCC[C@@H]1CNC(=O)C(=O)Nc1nccs1. The molecule has 104 valence electrons. The maximum atomic E-state index is 11.7. The third-order valence-corrected chi connectivity index (χ3v) is 3.95. The molecule has 1 fully saturated rings. The Kier molecular flexibility index (Phi) is 4.86. The van der Waals surface area contributed by atoms with Gasteiger partial charge in [0.1, 0.15) is 0 Å². The third-order valence-electron chi connectivity index (χ3n) is 3.26. The molecule has 7 heteroatoms. The van der Waals surface area contributed by atoms with Crippen LogP contribution in [0.3, 0.4) is 0 Å². The first-order valence-corrected chi connectivity index (χ1v) is 7.31. The van der Waals surface area contributed by atoms with Gasteiger partial charge in [0.2, 0.25) is 0 Å². The molecule has 0 spiro atoms. The van der Waals surface area contributed by atoms with Gasteiger partial charge in [0.25, 0.3) is 0 Å². The predicted molar refractivity (Wildman–Crippen MR) is 74.0 cm³/mol. The number of likely N-dealkylation sites (N-methyl/N-ethyl adjacent to an activating group) is 1. The molecule has 19 heavy (non-hydrogen) atoms. The Morgan fingerprint density at radius 2 is 2.37 bits per heavy atom. The highest BCUT2D eigenvalue weighted by molar-refractivity contribution is 7.13. The summed E-state index contributed by atoms with van der Waals surface area (Å²) in [4.78, 5) is 29.5. The molecule has 2 heterocycles. The van der Waals surface area contributed by atoms with E-state index in [0.29, 0.717) is 17.7 Å². The highest BCUT2D eigenvalue weighted by atomic mass is 32.1. The van der Waals surface area contributed by atoms with Crippen molar-refractivity contribution in [1.82, 2.24) is 15.2 Å². The lowest BCUT2D eigenvalue weighted by molar-refractivity contribution is -0.136. The summed E-state index contributed by atoms with van der Waals surface area (Å²) in [5.41, 5.74) is 0. The molecule has 1 saturated heterocycles. The maximum Gasteiger partial charge on any atom is 0.315 e. The van der Waals surface area contributed by atoms with E-state index in [-0.39, 0.29) is 0 Å². The lowest BCUT2D eigenvalue weighted by Gasteiger charge is -2.22. The summed E-state index contributed by atoms with van der Waals surface area (Å²) in [5, 5.41) is 7.33. The predicted octanol–water partition coefficient (Wildman–Crippen LogP) is 0.682. The molecule has 1 aliphatic rings. The van der Waals surface area contributed by atoms with Gasteiger partial charge >= 0.3 is 11.8 Å². The first kappa shape index (κ1) is 14.0. The summed E-state index contributed by atoms with van der Waals surface area (Å²) in [5.74, 6) is -1.26. The van der Waals surface area contributed by atoms with Gasteiger partial charge in [0.15, 0.2) is 5.13 Å². The second kappa shape index (κ2) is 6.63. The summed E-state index contributed by atoms with van der Waals surface area (Å²) in [6.45, 7) is 4.68. The number of hydrogen-bond donors (Lipinski definition) is 2. The van der Waals surface area contributed by atoms with E-state index in [4.69, 9.17) is 0 Å². The Labute approximate surface area is 116 Å². The number of rotatable bonds is 4. The minimum Gasteiger partial charge on any atom is -0.346 e. The van der Waals surface area contributed by atoms with Crippen molar-refractivity contribution in [3.05, 3.63) is 11.6 Å². The van der Waals surface area contributed by atoms with Crippen molar-refractivity contribution in [2.75, 3.05) is 25.0 Å². The molecule has 0 saturated carbocycles. The summed E-state index contributed by atoms with van der Waals surface area (Å²) >= 11 is 1.28. The van der Waals surface area contributed by atoms with Crippen molar-refractivity contribution in [3.8, 4) is 0 Å². The van der Waals surface area contributed by atoms with Gasteiger partial charge in [0, 0.05) is 24.2 Å². The Bertz CT molecular complexity index is 435. The van der Waals surface area contributed by atoms with Crippen LogP contribution in [0, 0.1) is 0 Å². The first-order chi connectivity index (χ1) is 9.20. The number of aromatic nitrogens is 1. The Morgan fingerprint density at radius 1 is 1.53 bits per heavy atom. The number of hydrogen-bond acceptors (Lipinski definition) is 5. The van der Waals surface area contributed by atoms with Crippen molar-refractivity contribution in [2.24, 2.45) is 0 Å². The molecule has 2 rings (SSSR count). The number of likely N-dealkylation sites (tertiary alicyclic amines) is 1. The van der Waals surface area contributed by atoms with Gasteiger partial charge in [-0.05, 0) is 25.9 Å². The topological polar surface area (TPSA) is 74.3 Å². The lowest BCUT2D eigenvalue weighted by atomic mass is 10.2. The van der Waals surface area contributed by atoms with Crippen molar-refractivity contribution in [2.45, 2.75) is 25.8 Å². The summed E-state index contributed by atoms with van der Waals surface area (Å²) < 4.78 is 0. The van der Waals surface area contributed by atoms with Gasteiger partial charge in [-0.2, -0.15) is 0 Å². The summed E-state index contributed by atoms with van der Waals surface area (Å²) in [6, 6.07) is 0.349. The van der Waals surface area contributed by atoms with E-state index in [1.54, 1.807) is 11.6 Å². The van der Waals surface area contributed by atoms with E-state index in [2.05, 4.69) is 27.4 Å². The Balaban J connectivity index is 1.76. The van der Waals surface area contributed by atoms with Crippen LogP contribution >= 0.6 is 11.3 Å². The fraction of sp³-hybridized carbons (Fsp3) is 0.583. The number of carbonyl (C=O) groups excluding carboxylic acids is 2. The number of nitrogens with zero attached hydrogens (tertiary/aromatic N) is 2. The van der Waals surface area contributed by atoms with Crippen LogP contribution in [-0.2, 0) is 9.59 Å². The lowest BCUT2D eigenvalue weighted by Crippen LogP contribution is -2.43. The average molecular weight is 282 g/mol. The highest BCUT2D eigenvalue weighted by Crippen LogP contribution is 2.15. The van der Waals surface area contributed by atoms with Gasteiger partial charge < -0.3 is 5.32 Å². The third kappa shape index (κ3) is 3.74. The largest absolute Gasteiger partial charge is 0.346 e. The molecule has 1 aromatic rings. The van der Waals surface area contributed by atoms with E-state index < -0.39 is 11.8 Å². The molecule has 1 atom stereocenters. The maximum absolute atomic E-state index is 11.7. The molecule has 0 radical (unpaired) electrons. The minimum atomic E-state index is -0.656. The standard InChI is InChI=1S/C12H18N4O2S/c1-2-16-6-3-4-9(16)8-14-10(17)11(18)15-12-13-5-7-19-12/h5,7,9H,2-4,6,8H2,1H3,(H,14,17)(H,13,15,18)/t9-/m1/s1. The van der Waals surface area contributed by atoms with Crippen LogP contribution in [0.4, 0.5) is 5.13 Å². The van der Waals surface area contributed by atoms with Gasteiger partial charge in [0.05, 0.1) is 0 Å². The van der Waals surface area contributed by atoms with E-state index in [1.807, 2.05) is 0 Å². The van der Waals surface area contributed by atoms with Crippen LogP contribution in [0.15, 0.2) is 11.6 Å². The molecule has 6 nitrogen and oxygen atoms in total. The second-order valence-electron chi connectivity index (χ2n) is 4.43. The average Bonchev–Trinajstić information content (AvgIpc) is 3.06. The molecular weight excluding hydrogens is 264 g/mol. The normalized spacial score (nSPS) is 19.3. The Hall–Kier alpha value is -1.47. The van der Waals surface area contributed by atoms with Crippen LogP contribution in [0.5, 0.6) is 0 Å². The van der Waals surface area contributed by atoms with Crippen LogP contribution in [0.1, 0.15) is 19.8 Å². The van der Waals surface area contributed by atoms with Crippen molar-refractivity contribution < 1.29 is 9.59 Å². The number of anilines is 1. The minimum absolute atomic E-state index is 0.349. The zero-order valence-electron chi connectivity index (χ0n) is 10.9. The molecule has 0 unspecified atom stereocenters. The molecular formula is C12H18N4O2S. The first-order valence-electron chi connectivity index (χ1n) is 6.43. The number of thiazole rings is 1. The van der Waals surface area contributed by atoms with E-state index in [0.717, 1.165) is 25.9 Å². The smallest absolute Gasteiger partial charge is 0.315 e. The molecule has 0 aliphatic carbocycles. The highest BCUT2D eigenvalue weighted by Gasteiger charge is 2.24. The van der Waals surface area contributed by atoms with Crippen LogP contribution in [-0.4, -0.2) is 47.4 Å². The second-order valence-corrected chi connectivity index (χ2v) is 5.32. The molecule has 0 bridgehead atoms. The fourth-order valence-corrected chi connectivity index (χ4v) is 2.80. The fourth-order valence-electron chi connectivity index (χ4n) is 2.27.